The van der Waals surface area contributed by atoms with Crippen molar-refractivity contribution < 1.29 is 4.39 Å². The molecule has 0 saturated heterocycles. The van der Waals surface area contributed by atoms with Crippen molar-refractivity contribution >= 4 is 15.9 Å². The van der Waals surface area contributed by atoms with Gasteiger partial charge in [-0.3, -0.25) is 10.5 Å². The van der Waals surface area contributed by atoms with E-state index in [1.807, 2.05) is 0 Å². The molecule has 0 radical (unpaired) electrons. The van der Waals surface area contributed by atoms with Gasteiger partial charge >= 0.3 is 0 Å². The van der Waals surface area contributed by atoms with Gasteiger partial charge in [0.2, 0.25) is 0 Å². The highest BCUT2D eigenvalue weighted by molar-refractivity contribution is 9.10. The van der Waals surface area contributed by atoms with Crippen LogP contribution < -0.4 is 11.3 Å². The standard InChI is InChI=1S/C11H12BrFN4/c1-17-6-7(5-15-17)11(16-14)9-4-8(12)2-3-10(9)13/h2-6,11,16H,14H2,1H3. The maximum absolute atomic E-state index is 13.8. The SMILES string of the molecule is Cn1cc(C(NN)c2cc(Br)ccc2F)cn1. The van der Waals surface area contributed by atoms with Crippen molar-refractivity contribution in [2.24, 2.45) is 12.9 Å². The summed E-state index contributed by atoms with van der Waals surface area (Å²) in [6.45, 7) is 0. The van der Waals surface area contributed by atoms with Gasteiger partial charge in [-0.1, -0.05) is 15.9 Å². The number of nitrogens with zero attached hydrogens (tertiary/aromatic N) is 2. The second kappa shape index (κ2) is 4.95. The Morgan fingerprint density at radius 3 is 2.88 bits per heavy atom. The van der Waals surface area contributed by atoms with E-state index in [0.29, 0.717) is 5.56 Å². The summed E-state index contributed by atoms with van der Waals surface area (Å²) in [5.74, 6) is 5.19. The van der Waals surface area contributed by atoms with Gasteiger partial charge in [-0.05, 0) is 18.2 Å². The molecule has 1 atom stereocenters. The molecule has 90 valence electrons. The van der Waals surface area contributed by atoms with Gasteiger partial charge in [0.15, 0.2) is 0 Å². The number of hydrazine groups is 1. The first-order valence-electron chi connectivity index (χ1n) is 5.01. The molecule has 1 unspecified atom stereocenters. The van der Waals surface area contributed by atoms with Crippen molar-refractivity contribution in [3.8, 4) is 0 Å². The molecule has 6 heteroatoms. The topological polar surface area (TPSA) is 55.9 Å². The first-order chi connectivity index (χ1) is 8.11. The molecule has 1 heterocycles. The molecule has 0 aliphatic carbocycles. The first kappa shape index (κ1) is 12.2. The van der Waals surface area contributed by atoms with Gasteiger partial charge in [0.05, 0.1) is 12.2 Å². The molecule has 0 spiro atoms. The summed E-state index contributed by atoms with van der Waals surface area (Å²) in [4.78, 5) is 0. The zero-order valence-electron chi connectivity index (χ0n) is 9.19. The van der Waals surface area contributed by atoms with E-state index in [1.165, 1.54) is 6.07 Å². The Bertz CT molecular complexity index is 526. The average molecular weight is 299 g/mol. The number of aryl methyl sites for hydroxylation is 1. The van der Waals surface area contributed by atoms with Crippen molar-refractivity contribution in [3.05, 3.63) is 52.0 Å². The summed E-state index contributed by atoms with van der Waals surface area (Å²) in [6, 6.07) is 4.34. The van der Waals surface area contributed by atoms with Crippen LogP contribution in [-0.2, 0) is 7.05 Å². The van der Waals surface area contributed by atoms with Crippen LogP contribution in [0.1, 0.15) is 17.2 Å². The molecule has 3 N–H and O–H groups in total. The number of benzene rings is 1. The van der Waals surface area contributed by atoms with E-state index in [0.717, 1.165) is 10.0 Å². The third kappa shape index (κ3) is 2.54. The molecule has 0 aliphatic rings. The van der Waals surface area contributed by atoms with E-state index >= 15 is 0 Å². The van der Waals surface area contributed by atoms with Crippen molar-refractivity contribution in [3.63, 3.8) is 0 Å². The van der Waals surface area contributed by atoms with Crippen molar-refractivity contribution in [2.75, 3.05) is 0 Å². The van der Waals surface area contributed by atoms with E-state index in [9.17, 15) is 4.39 Å². The van der Waals surface area contributed by atoms with Gasteiger partial charge in [-0.25, -0.2) is 9.82 Å². The van der Waals surface area contributed by atoms with Gasteiger partial charge in [0, 0.05) is 28.8 Å². The third-order valence-corrected chi connectivity index (χ3v) is 2.99. The van der Waals surface area contributed by atoms with E-state index in [1.54, 1.807) is 36.3 Å². The lowest BCUT2D eigenvalue weighted by atomic mass is 10.0. The number of aromatic nitrogens is 2. The molecule has 0 saturated carbocycles. The van der Waals surface area contributed by atoms with Crippen LogP contribution in [-0.4, -0.2) is 9.78 Å². The minimum atomic E-state index is -0.416. The van der Waals surface area contributed by atoms with Crippen LogP contribution in [0.15, 0.2) is 35.1 Å². The number of nitrogens with one attached hydrogen (secondary N) is 1. The Hall–Kier alpha value is -1.24. The molecule has 0 fully saturated rings. The highest BCUT2D eigenvalue weighted by atomic mass is 79.9. The van der Waals surface area contributed by atoms with Crippen molar-refractivity contribution in [1.82, 2.24) is 15.2 Å². The van der Waals surface area contributed by atoms with Gasteiger partial charge in [0.25, 0.3) is 0 Å². The van der Waals surface area contributed by atoms with Crippen LogP contribution in [0.2, 0.25) is 0 Å². The average Bonchev–Trinajstić information content (AvgIpc) is 2.71. The number of rotatable bonds is 3. The Balaban J connectivity index is 2.45. The Morgan fingerprint density at radius 2 is 2.29 bits per heavy atom. The van der Waals surface area contributed by atoms with Crippen LogP contribution in [0.25, 0.3) is 0 Å². The summed E-state index contributed by atoms with van der Waals surface area (Å²) in [5, 5.41) is 4.05. The number of hydrogen-bond acceptors (Lipinski definition) is 3. The van der Waals surface area contributed by atoms with Crippen molar-refractivity contribution in [1.29, 1.82) is 0 Å². The largest absolute Gasteiger partial charge is 0.275 e. The zero-order valence-corrected chi connectivity index (χ0v) is 10.8. The molecule has 17 heavy (non-hydrogen) atoms. The van der Waals surface area contributed by atoms with Crippen LogP contribution in [0.5, 0.6) is 0 Å². The summed E-state index contributed by atoms with van der Waals surface area (Å²) in [5.41, 5.74) is 3.90. The Morgan fingerprint density at radius 1 is 1.53 bits per heavy atom. The molecule has 4 nitrogen and oxygen atoms in total. The molecular formula is C11H12BrFN4. The molecule has 0 bridgehead atoms. The predicted molar refractivity (Wildman–Crippen MR) is 66.5 cm³/mol. The summed E-state index contributed by atoms with van der Waals surface area (Å²) < 4.78 is 16.2. The highest BCUT2D eigenvalue weighted by Crippen LogP contribution is 2.26. The van der Waals surface area contributed by atoms with Crippen LogP contribution in [0.3, 0.4) is 0 Å². The normalized spacial score (nSPS) is 12.7. The smallest absolute Gasteiger partial charge is 0.128 e. The molecular weight excluding hydrogens is 287 g/mol. The monoisotopic (exact) mass is 298 g/mol. The summed E-state index contributed by atoms with van der Waals surface area (Å²) >= 11 is 3.32. The highest BCUT2D eigenvalue weighted by Gasteiger charge is 2.18. The fraction of sp³-hybridized carbons (Fsp3) is 0.182. The van der Waals surface area contributed by atoms with Crippen LogP contribution >= 0.6 is 15.9 Å². The molecule has 1 aromatic carbocycles. The zero-order chi connectivity index (χ0) is 12.4. The minimum absolute atomic E-state index is 0.306. The molecule has 1 aromatic heterocycles. The lowest BCUT2D eigenvalue weighted by Crippen LogP contribution is -2.29. The van der Waals surface area contributed by atoms with Gasteiger partial charge in [-0.2, -0.15) is 5.10 Å². The van der Waals surface area contributed by atoms with E-state index in [4.69, 9.17) is 5.84 Å². The predicted octanol–water partition coefficient (Wildman–Crippen LogP) is 1.87. The van der Waals surface area contributed by atoms with E-state index in [-0.39, 0.29) is 5.82 Å². The van der Waals surface area contributed by atoms with Gasteiger partial charge in [0.1, 0.15) is 5.82 Å². The maximum Gasteiger partial charge on any atom is 0.128 e. The van der Waals surface area contributed by atoms with Gasteiger partial charge in [-0.15, -0.1) is 0 Å². The maximum atomic E-state index is 13.8. The lowest BCUT2D eigenvalue weighted by Gasteiger charge is -2.15. The number of hydrogen-bond donors (Lipinski definition) is 2. The molecule has 0 aliphatic heterocycles. The first-order valence-corrected chi connectivity index (χ1v) is 5.80. The second-order valence-corrected chi connectivity index (χ2v) is 4.63. The van der Waals surface area contributed by atoms with Crippen LogP contribution in [0, 0.1) is 5.82 Å². The number of halogens is 2. The summed E-state index contributed by atoms with van der Waals surface area (Å²) in [7, 11) is 1.80. The Labute approximate surface area is 107 Å². The van der Waals surface area contributed by atoms with E-state index in [2.05, 4.69) is 26.5 Å². The third-order valence-electron chi connectivity index (χ3n) is 2.49. The molecule has 2 rings (SSSR count). The van der Waals surface area contributed by atoms with E-state index < -0.39 is 6.04 Å². The fourth-order valence-electron chi connectivity index (χ4n) is 1.69. The molecule has 2 aromatic rings. The minimum Gasteiger partial charge on any atom is -0.275 e. The Kier molecular flexibility index (Phi) is 3.56. The quantitative estimate of drug-likeness (QED) is 0.672. The van der Waals surface area contributed by atoms with Crippen LogP contribution in [0.4, 0.5) is 4.39 Å². The summed E-state index contributed by atoms with van der Waals surface area (Å²) in [6.07, 6.45) is 3.45. The second-order valence-electron chi connectivity index (χ2n) is 3.71. The fourth-order valence-corrected chi connectivity index (χ4v) is 2.07. The van der Waals surface area contributed by atoms with Gasteiger partial charge < -0.3 is 0 Å². The van der Waals surface area contributed by atoms with Crippen molar-refractivity contribution in [2.45, 2.75) is 6.04 Å². The lowest BCUT2D eigenvalue weighted by molar-refractivity contribution is 0.559. The number of nitrogens with two attached hydrogens (primary N) is 1. The molecule has 0 amide bonds.